The third kappa shape index (κ3) is 2.56. The summed E-state index contributed by atoms with van der Waals surface area (Å²) in [7, 11) is 0. The van der Waals surface area contributed by atoms with Crippen molar-refractivity contribution < 1.29 is 4.74 Å². The third-order valence-electron chi connectivity index (χ3n) is 3.88. The van der Waals surface area contributed by atoms with Gasteiger partial charge in [-0.3, -0.25) is 0 Å². The number of hydrogen-bond donors (Lipinski definition) is 1. The van der Waals surface area contributed by atoms with E-state index in [9.17, 15) is 0 Å². The zero-order valence-corrected chi connectivity index (χ0v) is 11.7. The van der Waals surface area contributed by atoms with Crippen LogP contribution in [0.15, 0.2) is 11.4 Å². The van der Waals surface area contributed by atoms with Crippen LogP contribution in [0.1, 0.15) is 55.5 Å². The van der Waals surface area contributed by atoms with E-state index in [1.807, 2.05) is 0 Å². The highest BCUT2D eigenvalue weighted by molar-refractivity contribution is 7.10. The minimum Gasteiger partial charge on any atom is -0.373 e. The highest BCUT2D eigenvalue weighted by atomic mass is 32.1. The molecule has 0 aliphatic heterocycles. The fraction of sp³-hybridized carbons (Fsp3) is 0.714. The van der Waals surface area contributed by atoms with Crippen molar-refractivity contribution in [1.29, 1.82) is 0 Å². The summed E-state index contributed by atoms with van der Waals surface area (Å²) in [5.41, 5.74) is 7.73. The van der Waals surface area contributed by atoms with Crippen molar-refractivity contribution in [2.24, 2.45) is 5.73 Å². The van der Waals surface area contributed by atoms with Gasteiger partial charge in [0.25, 0.3) is 0 Å². The van der Waals surface area contributed by atoms with Gasteiger partial charge in [0.05, 0.1) is 11.6 Å². The molecule has 0 bridgehead atoms. The first-order valence-electron chi connectivity index (χ1n) is 6.63. The highest BCUT2D eigenvalue weighted by Crippen LogP contribution is 2.42. The molecule has 0 aromatic carbocycles. The van der Waals surface area contributed by atoms with Gasteiger partial charge in [0.15, 0.2) is 0 Å². The molecule has 1 heterocycles. The number of hydrogen-bond acceptors (Lipinski definition) is 3. The number of thiophene rings is 1. The molecule has 0 saturated heterocycles. The van der Waals surface area contributed by atoms with Crippen molar-refractivity contribution >= 4 is 11.3 Å². The maximum atomic E-state index is 6.52. The van der Waals surface area contributed by atoms with Crippen molar-refractivity contribution in [2.45, 2.75) is 57.6 Å². The molecular formula is C14H23NOS. The Kier molecular flexibility index (Phi) is 4.23. The molecule has 1 aliphatic carbocycles. The van der Waals surface area contributed by atoms with E-state index in [0.29, 0.717) is 0 Å². The molecule has 0 radical (unpaired) electrons. The topological polar surface area (TPSA) is 35.2 Å². The van der Waals surface area contributed by atoms with Crippen LogP contribution in [-0.4, -0.2) is 12.2 Å². The van der Waals surface area contributed by atoms with Gasteiger partial charge in [0, 0.05) is 11.5 Å². The minimum atomic E-state index is -0.109. The average molecular weight is 253 g/mol. The van der Waals surface area contributed by atoms with Gasteiger partial charge in [-0.1, -0.05) is 19.3 Å². The van der Waals surface area contributed by atoms with Crippen LogP contribution in [-0.2, 0) is 4.74 Å². The molecule has 1 atom stereocenters. The van der Waals surface area contributed by atoms with Crippen LogP contribution in [0.4, 0.5) is 0 Å². The molecule has 2 N–H and O–H groups in total. The standard InChI is InChI=1S/C14H23NOS/c1-3-16-14(8-5-4-6-9-14)13(15)12-11(2)7-10-17-12/h7,10,13H,3-6,8-9,15H2,1-2H3. The van der Waals surface area contributed by atoms with Crippen LogP contribution in [0.3, 0.4) is 0 Å². The predicted octanol–water partition coefficient (Wildman–Crippen LogP) is 3.80. The molecule has 1 saturated carbocycles. The van der Waals surface area contributed by atoms with E-state index in [4.69, 9.17) is 10.5 Å². The fourth-order valence-corrected chi connectivity index (χ4v) is 3.96. The second-order valence-corrected chi connectivity index (χ2v) is 5.95. The Morgan fingerprint density at radius 3 is 2.65 bits per heavy atom. The molecular weight excluding hydrogens is 230 g/mol. The number of rotatable bonds is 4. The summed E-state index contributed by atoms with van der Waals surface area (Å²) in [4.78, 5) is 1.31. The Labute approximate surface area is 108 Å². The van der Waals surface area contributed by atoms with Crippen LogP contribution in [0.5, 0.6) is 0 Å². The summed E-state index contributed by atoms with van der Waals surface area (Å²) in [6.07, 6.45) is 6.04. The number of nitrogens with two attached hydrogens (primary N) is 1. The molecule has 0 amide bonds. The molecule has 1 aromatic heterocycles. The lowest BCUT2D eigenvalue weighted by Gasteiger charge is -2.41. The molecule has 1 unspecified atom stereocenters. The Hall–Kier alpha value is -0.380. The minimum absolute atomic E-state index is 0.0442. The van der Waals surface area contributed by atoms with Gasteiger partial charge in [-0.15, -0.1) is 11.3 Å². The van der Waals surface area contributed by atoms with Gasteiger partial charge in [-0.25, -0.2) is 0 Å². The van der Waals surface area contributed by atoms with Crippen LogP contribution < -0.4 is 5.73 Å². The van der Waals surface area contributed by atoms with E-state index in [-0.39, 0.29) is 11.6 Å². The zero-order valence-electron chi connectivity index (χ0n) is 10.9. The van der Waals surface area contributed by atoms with Crippen molar-refractivity contribution in [3.8, 4) is 0 Å². The predicted molar refractivity (Wildman–Crippen MR) is 73.4 cm³/mol. The van der Waals surface area contributed by atoms with E-state index in [1.54, 1.807) is 11.3 Å². The lowest BCUT2D eigenvalue weighted by molar-refractivity contribution is -0.0825. The van der Waals surface area contributed by atoms with Crippen LogP contribution in [0.25, 0.3) is 0 Å². The lowest BCUT2D eigenvalue weighted by Crippen LogP contribution is -2.45. The third-order valence-corrected chi connectivity index (χ3v) is 4.98. The molecule has 17 heavy (non-hydrogen) atoms. The van der Waals surface area contributed by atoms with Crippen molar-refractivity contribution in [2.75, 3.05) is 6.61 Å². The largest absolute Gasteiger partial charge is 0.373 e. The summed E-state index contributed by atoms with van der Waals surface area (Å²) in [5.74, 6) is 0. The van der Waals surface area contributed by atoms with E-state index in [0.717, 1.165) is 19.4 Å². The molecule has 2 rings (SSSR count). The van der Waals surface area contributed by atoms with Gasteiger partial charge >= 0.3 is 0 Å². The quantitative estimate of drug-likeness (QED) is 0.886. The Morgan fingerprint density at radius 1 is 1.41 bits per heavy atom. The van der Waals surface area contributed by atoms with Crippen LogP contribution in [0.2, 0.25) is 0 Å². The van der Waals surface area contributed by atoms with Gasteiger partial charge in [-0.05, 0) is 43.7 Å². The first-order valence-corrected chi connectivity index (χ1v) is 7.51. The molecule has 96 valence electrons. The van der Waals surface area contributed by atoms with Crippen molar-refractivity contribution in [3.63, 3.8) is 0 Å². The smallest absolute Gasteiger partial charge is 0.0882 e. The molecule has 0 spiro atoms. The summed E-state index contributed by atoms with van der Waals surface area (Å²) in [5, 5.41) is 2.13. The Bertz CT molecular complexity index is 349. The summed E-state index contributed by atoms with van der Waals surface area (Å²) in [6.45, 7) is 4.98. The summed E-state index contributed by atoms with van der Waals surface area (Å²) in [6, 6.07) is 2.20. The van der Waals surface area contributed by atoms with E-state index in [2.05, 4.69) is 25.3 Å². The maximum absolute atomic E-state index is 6.52. The molecule has 1 aliphatic rings. The summed E-state index contributed by atoms with van der Waals surface area (Å²) < 4.78 is 6.09. The van der Waals surface area contributed by atoms with Gasteiger partial charge in [0.1, 0.15) is 0 Å². The molecule has 1 fully saturated rings. The lowest BCUT2D eigenvalue weighted by atomic mass is 9.78. The fourth-order valence-electron chi connectivity index (χ4n) is 2.92. The van der Waals surface area contributed by atoms with Gasteiger partial charge in [-0.2, -0.15) is 0 Å². The Morgan fingerprint density at radius 2 is 2.12 bits per heavy atom. The van der Waals surface area contributed by atoms with Crippen LogP contribution >= 0.6 is 11.3 Å². The highest BCUT2D eigenvalue weighted by Gasteiger charge is 2.40. The second kappa shape index (κ2) is 5.51. The van der Waals surface area contributed by atoms with Crippen molar-refractivity contribution in [1.82, 2.24) is 0 Å². The van der Waals surface area contributed by atoms with Crippen LogP contribution in [0, 0.1) is 6.92 Å². The first kappa shape index (κ1) is 13.1. The van der Waals surface area contributed by atoms with E-state index < -0.39 is 0 Å². The molecule has 2 nitrogen and oxygen atoms in total. The van der Waals surface area contributed by atoms with E-state index in [1.165, 1.54) is 29.7 Å². The SMILES string of the molecule is CCOC1(C(N)c2sccc2C)CCCCC1. The van der Waals surface area contributed by atoms with E-state index >= 15 is 0 Å². The van der Waals surface area contributed by atoms with Gasteiger partial charge in [0.2, 0.25) is 0 Å². The average Bonchev–Trinajstić information content (AvgIpc) is 2.76. The first-order chi connectivity index (χ1) is 8.19. The maximum Gasteiger partial charge on any atom is 0.0882 e. The Balaban J connectivity index is 2.23. The normalized spacial score (nSPS) is 21.4. The molecule has 3 heteroatoms. The zero-order chi connectivity index (χ0) is 12.3. The number of ether oxygens (including phenoxy) is 1. The van der Waals surface area contributed by atoms with Crippen molar-refractivity contribution in [3.05, 3.63) is 21.9 Å². The van der Waals surface area contributed by atoms with Gasteiger partial charge < -0.3 is 10.5 Å². The molecule has 1 aromatic rings. The number of aryl methyl sites for hydroxylation is 1. The second-order valence-electron chi connectivity index (χ2n) is 5.00. The summed E-state index contributed by atoms with van der Waals surface area (Å²) >= 11 is 1.77. The monoisotopic (exact) mass is 253 g/mol.